The molecule has 1 aromatic heterocycles. The molecule has 2 heterocycles. The second-order valence-corrected chi connectivity index (χ2v) is 9.82. The van der Waals surface area contributed by atoms with E-state index in [-0.39, 0.29) is 34.0 Å². The summed E-state index contributed by atoms with van der Waals surface area (Å²) in [5.74, 6) is -0.591. The molecular weight excluding hydrogens is 582 g/mol. The van der Waals surface area contributed by atoms with Crippen LogP contribution in [0.4, 0.5) is 5.69 Å². The average Bonchev–Trinajstić information content (AvgIpc) is 3.13. The molecule has 0 radical (unpaired) electrons. The van der Waals surface area contributed by atoms with Gasteiger partial charge in [0.15, 0.2) is 22.7 Å². The van der Waals surface area contributed by atoms with Crippen LogP contribution < -0.4 is 15.1 Å². The number of aromatic hydroxyl groups is 1. The van der Waals surface area contributed by atoms with Crippen molar-refractivity contribution in [1.29, 1.82) is 0 Å². The summed E-state index contributed by atoms with van der Waals surface area (Å²) in [7, 11) is 1.41. The van der Waals surface area contributed by atoms with E-state index in [1.165, 1.54) is 18.9 Å². The van der Waals surface area contributed by atoms with Crippen molar-refractivity contribution < 1.29 is 23.8 Å². The number of nitrogens with zero attached hydrogens (tertiary/aromatic N) is 1. The predicted octanol–water partition coefficient (Wildman–Crippen LogP) is 5.98. The molecular formula is C26H17Br2NO6. The second-order valence-electron chi connectivity index (χ2n) is 8.05. The number of carbonyl (C=O) groups is 2. The van der Waals surface area contributed by atoms with Gasteiger partial charge in [-0.2, -0.15) is 0 Å². The molecule has 5 rings (SSSR count). The summed E-state index contributed by atoms with van der Waals surface area (Å²) in [4.78, 5) is 40.6. The fourth-order valence-electron chi connectivity index (χ4n) is 4.29. The molecule has 1 aliphatic rings. The van der Waals surface area contributed by atoms with Gasteiger partial charge in [0.25, 0.3) is 5.91 Å². The highest BCUT2D eigenvalue weighted by atomic mass is 79.9. The molecule has 1 N–H and O–H groups in total. The van der Waals surface area contributed by atoms with Gasteiger partial charge in [-0.1, -0.05) is 15.9 Å². The van der Waals surface area contributed by atoms with Crippen LogP contribution in [0.25, 0.3) is 11.0 Å². The van der Waals surface area contributed by atoms with Gasteiger partial charge in [-0.3, -0.25) is 19.3 Å². The van der Waals surface area contributed by atoms with Crippen LogP contribution in [0.15, 0.2) is 72.8 Å². The van der Waals surface area contributed by atoms with Crippen molar-refractivity contribution in [3.05, 3.63) is 96.2 Å². The van der Waals surface area contributed by atoms with Crippen molar-refractivity contribution in [1.82, 2.24) is 0 Å². The van der Waals surface area contributed by atoms with E-state index in [0.29, 0.717) is 36.7 Å². The number of amides is 1. The highest BCUT2D eigenvalue weighted by molar-refractivity contribution is 9.10. The summed E-state index contributed by atoms with van der Waals surface area (Å²) in [6, 6.07) is 13.9. The number of anilines is 1. The third kappa shape index (κ3) is 3.75. The van der Waals surface area contributed by atoms with Gasteiger partial charge in [-0.15, -0.1) is 0 Å². The van der Waals surface area contributed by atoms with Crippen molar-refractivity contribution in [2.24, 2.45) is 0 Å². The Bertz CT molecular complexity index is 1590. The number of hydrogen-bond acceptors (Lipinski definition) is 6. The minimum atomic E-state index is -0.869. The number of phenols is 1. The normalized spacial score (nSPS) is 14.9. The summed E-state index contributed by atoms with van der Waals surface area (Å²) in [5.41, 5.74) is 1.62. The average molecular weight is 599 g/mol. The fourth-order valence-corrected chi connectivity index (χ4v) is 5.11. The van der Waals surface area contributed by atoms with Gasteiger partial charge in [0, 0.05) is 15.7 Å². The monoisotopic (exact) mass is 597 g/mol. The number of halogens is 2. The molecule has 0 saturated heterocycles. The summed E-state index contributed by atoms with van der Waals surface area (Å²) in [5, 5.41) is 10.7. The van der Waals surface area contributed by atoms with Crippen LogP contribution in [0.2, 0.25) is 0 Å². The van der Waals surface area contributed by atoms with Crippen LogP contribution in [0.3, 0.4) is 0 Å². The number of rotatable bonds is 4. The number of hydrogen-bond donors (Lipinski definition) is 1. The first-order valence-corrected chi connectivity index (χ1v) is 12.1. The van der Waals surface area contributed by atoms with E-state index in [1.807, 2.05) is 0 Å². The van der Waals surface area contributed by atoms with Crippen LogP contribution in [0.5, 0.6) is 11.5 Å². The third-order valence-electron chi connectivity index (χ3n) is 5.97. The van der Waals surface area contributed by atoms with Gasteiger partial charge >= 0.3 is 0 Å². The molecule has 0 aliphatic carbocycles. The largest absolute Gasteiger partial charge is 0.503 e. The summed E-state index contributed by atoms with van der Waals surface area (Å²) in [6.45, 7) is 1.46. The molecule has 0 saturated carbocycles. The minimum absolute atomic E-state index is 0.0615. The quantitative estimate of drug-likeness (QED) is 0.290. The first-order chi connectivity index (χ1) is 16.7. The zero-order valence-corrected chi connectivity index (χ0v) is 21.6. The van der Waals surface area contributed by atoms with E-state index in [0.717, 1.165) is 0 Å². The SMILES string of the molecule is COc1cc(C2c3c(oc4ccc(Br)cc4c3=O)C(=O)N2c2ccc(C(C)=O)cc2)cc(Br)c1O. The Hall–Kier alpha value is -3.43. The van der Waals surface area contributed by atoms with E-state index >= 15 is 0 Å². The molecule has 0 bridgehead atoms. The molecule has 176 valence electrons. The Labute approximate surface area is 216 Å². The highest BCUT2D eigenvalue weighted by Gasteiger charge is 2.44. The molecule has 1 aliphatic heterocycles. The minimum Gasteiger partial charge on any atom is -0.503 e. The predicted molar refractivity (Wildman–Crippen MR) is 138 cm³/mol. The van der Waals surface area contributed by atoms with Crippen molar-refractivity contribution in [2.45, 2.75) is 13.0 Å². The number of fused-ring (bicyclic) bond motifs is 2. The number of methoxy groups -OCH3 is 1. The fraction of sp³-hybridized carbons (Fsp3) is 0.115. The van der Waals surface area contributed by atoms with Gasteiger partial charge in [-0.25, -0.2) is 0 Å². The van der Waals surface area contributed by atoms with E-state index in [4.69, 9.17) is 9.15 Å². The molecule has 4 aromatic rings. The Morgan fingerprint density at radius 2 is 1.77 bits per heavy atom. The molecule has 1 atom stereocenters. The smallest absolute Gasteiger partial charge is 0.295 e. The summed E-state index contributed by atoms with van der Waals surface area (Å²) < 4.78 is 12.3. The van der Waals surface area contributed by atoms with E-state index < -0.39 is 11.9 Å². The van der Waals surface area contributed by atoms with Gasteiger partial charge in [-0.05, 0) is 83.0 Å². The van der Waals surface area contributed by atoms with Crippen LogP contribution in [-0.2, 0) is 0 Å². The number of ketones is 1. The Morgan fingerprint density at radius 3 is 2.43 bits per heavy atom. The number of ether oxygens (including phenoxy) is 1. The molecule has 35 heavy (non-hydrogen) atoms. The number of phenolic OH excluding ortho intramolecular Hbond substituents is 1. The van der Waals surface area contributed by atoms with Crippen molar-refractivity contribution in [3.8, 4) is 11.5 Å². The maximum absolute atomic E-state index is 13.7. The van der Waals surface area contributed by atoms with Crippen LogP contribution in [0.1, 0.15) is 45.0 Å². The Morgan fingerprint density at radius 1 is 1.06 bits per heavy atom. The van der Waals surface area contributed by atoms with Gasteiger partial charge in [0.1, 0.15) is 5.58 Å². The molecule has 9 heteroatoms. The van der Waals surface area contributed by atoms with Gasteiger partial charge < -0.3 is 14.3 Å². The third-order valence-corrected chi connectivity index (χ3v) is 7.07. The lowest BCUT2D eigenvalue weighted by Crippen LogP contribution is -2.29. The van der Waals surface area contributed by atoms with Gasteiger partial charge in [0.05, 0.1) is 28.6 Å². The topological polar surface area (TPSA) is 97.0 Å². The summed E-state index contributed by atoms with van der Waals surface area (Å²) in [6.07, 6.45) is 0. The zero-order valence-electron chi connectivity index (χ0n) is 18.5. The summed E-state index contributed by atoms with van der Waals surface area (Å²) >= 11 is 6.72. The second kappa shape index (κ2) is 8.66. The lowest BCUT2D eigenvalue weighted by molar-refractivity contribution is 0.0970. The molecule has 0 fully saturated rings. The van der Waals surface area contributed by atoms with E-state index in [1.54, 1.807) is 54.6 Å². The standard InChI is InChI=1S/C26H17Br2NO6/c1-12(30)13-3-6-16(7-4-13)29-22(14-9-18(28)24(32)20(10-14)34-2)21-23(31)17-11-15(27)5-8-19(17)35-25(21)26(29)33/h3-11,22,32H,1-2H3. The maximum Gasteiger partial charge on any atom is 0.295 e. The van der Waals surface area contributed by atoms with Gasteiger partial charge in [0.2, 0.25) is 5.76 Å². The lowest BCUT2D eigenvalue weighted by Gasteiger charge is -2.26. The van der Waals surface area contributed by atoms with Crippen molar-refractivity contribution >= 4 is 60.2 Å². The molecule has 1 amide bonds. The van der Waals surface area contributed by atoms with Crippen molar-refractivity contribution in [2.75, 3.05) is 12.0 Å². The Balaban J connectivity index is 1.81. The van der Waals surface area contributed by atoms with E-state index in [9.17, 15) is 19.5 Å². The first-order valence-electron chi connectivity index (χ1n) is 10.5. The molecule has 3 aromatic carbocycles. The molecule has 1 unspecified atom stereocenters. The maximum atomic E-state index is 13.7. The number of benzene rings is 3. The lowest BCUT2D eigenvalue weighted by atomic mass is 9.97. The number of Topliss-reactive ketones (excluding diaryl/α,β-unsaturated/α-hetero) is 1. The first kappa shape index (κ1) is 23.3. The zero-order chi connectivity index (χ0) is 25.0. The Kier molecular flexibility index (Phi) is 5.77. The molecule has 7 nitrogen and oxygen atoms in total. The molecule has 0 spiro atoms. The van der Waals surface area contributed by atoms with E-state index in [2.05, 4.69) is 31.9 Å². The highest BCUT2D eigenvalue weighted by Crippen LogP contribution is 2.45. The number of carbonyl (C=O) groups excluding carboxylic acids is 2. The van der Waals surface area contributed by atoms with Crippen LogP contribution in [0, 0.1) is 0 Å². The van der Waals surface area contributed by atoms with Crippen LogP contribution >= 0.6 is 31.9 Å². The van der Waals surface area contributed by atoms with Crippen LogP contribution in [-0.4, -0.2) is 23.9 Å². The van der Waals surface area contributed by atoms with Crippen molar-refractivity contribution in [3.63, 3.8) is 0 Å².